The summed E-state index contributed by atoms with van der Waals surface area (Å²) in [6.07, 6.45) is 0. The third-order valence-corrected chi connectivity index (χ3v) is 4.24. The van der Waals surface area contributed by atoms with Crippen molar-refractivity contribution >= 4 is 5.97 Å². The van der Waals surface area contributed by atoms with Crippen LogP contribution in [0.5, 0.6) is 0 Å². The van der Waals surface area contributed by atoms with Crippen LogP contribution in [0.2, 0.25) is 0 Å². The van der Waals surface area contributed by atoms with Crippen molar-refractivity contribution in [2.45, 2.75) is 40.5 Å². The largest absolute Gasteiger partial charge is 0.463 e. The Labute approximate surface area is 142 Å². The van der Waals surface area contributed by atoms with E-state index in [-0.39, 0.29) is 12.4 Å². The number of nitrogens with two attached hydrogens (primary N) is 1. The lowest BCUT2D eigenvalue weighted by molar-refractivity contribution is -0.138. The molecule has 126 valence electrons. The normalized spacial score (nSPS) is 17.4. The number of hydrogen-bond acceptors (Lipinski definition) is 5. The van der Waals surface area contributed by atoms with Crippen molar-refractivity contribution in [3.8, 4) is 6.07 Å². The van der Waals surface area contributed by atoms with Gasteiger partial charge in [0.2, 0.25) is 0 Å². The molecule has 1 aromatic rings. The second kappa shape index (κ2) is 6.79. The first-order valence-electron chi connectivity index (χ1n) is 7.94. The molecule has 0 saturated carbocycles. The van der Waals surface area contributed by atoms with Crippen molar-refractivity contribution in [2.24, 2.45) is 5.73 Å². The fourth-order valence-corrected chi connectivity index (χ4v) is 3.39. The van der Waals surface area contributed by atoms with Crippen molar-refractivity contribution in [2.75, 3.05) is 6.61 Å². The van der Waals surface area contributed by atoms with Crippen molar-refractivity contribution in [3.63, 3.8) is 0 Å². The minimum atomic E-state index is -0.518. The topological polar surface area (TPSA) is 88.1 Å². The van der Waals surface area contributed by atoms with E-state index in [1.54, 1.807) is 13.8 Å². The molecule has 2 rings (SSSR count). The number of esters is 1. The number of nitriles is 1. The van der Waals surface area contributed by atoms with Crippen LogP contribution in [-0.4, -0.2) is 12.6 Å². The molecule has 1 heterocycles. The van der Waals surface area contributed by atoms with Gasteiger partial charge in [-0.25, -0.2) is 4.79 Å². The monoisotopic (exact) mass is 325 g/mol. The molecule has 1 aliphatic heterocycles. The van der Waals surface area contributed by atoms with E-state index in [4.69, 9.17) is 10.5 Å². The lowest BCUT2D eigenvalue weighted by atomic mass is 9.78. The molecule has 3 N–H and O–H groups in total. The highest BCUT2D eigenvalue weighted by Crippen LogP contribution is 2.40. The number of rotatable bonds is 3. The number of ether oxygens (including phenoxy) is 1. The molecule has 0 spiro atoms. The predicted octanol–water partition coefficient (Wildman–Crippen LogP) is 2.83. The van der Waals surface area contributed by atoms with E-state index in [1.165, 1.54) is 0 Å². The van der Waals surface area contributed by atoms with E-state index < -0.39 is 11.9 Å². The number of nitrogens with one attached hydrogen (secondary N) is 1. The number of allylic oxidation sites excluding steroid dienone is 2. The second-order valence-corrected chi connectivity index (χ2v) is 6.07. The van der Waals surface area contributed by atoms with Crippen LogP contribution in [0.15, 0.2) is 34.8 Å². The maximum absolute atomic E-state index is 12.6. The van der Waals surface area contributed by atoms with Gasteiger partial charge in [0.15, 0.2) is 0 Å². The molecule has 5 nitrogen and oxygen atoms in total. The quantitative estimate of drug-likeness (QED) is 0.834. The van der Waals surface area contributed by atoms with Gasteiger partial charge < -0.3 is 15.8 Å². The van der Waals surface area contributed by atoms with E-state index in [9.17, 15) is 10.1 Å². The van der Waals surface area contributed by atoms with Crippen LogP contribution in [0.1, 0.15) is 42.0 Å². The maximum Gasteiger partial charge on any atom is 0.336 e. The molecular weight excluding hydrogens is 302 g/mol. The summed E-state index contributed by atoms with van der Waals surface area (Å²) in [5, 5.41) is 12.6. The van der Waals surface area contributed by atoms with Gasteiger partial charge in [-0.3, -0.25) is 0 Å². The van der Waals surface area contributed by atoms with Crippen LogP contribution in [0.3, 0.4) is 0 Å². The third-order valence-electron chi connectivity index (χ3n) is 4.24. The number of benzene rings is 1. The van der Waals surface area contributed by atoms with Crippen LogP contribution in [0, 0.1) is 32.1 Å². The minimum Gasteiger partial charge on any atom is -0.463 e. The number of dihydropyridines is 1. The van der Waals surface area contributed by atoms with Gasteiger partial charge in [0, 0.05) is 5.70 Å². The van der Waals surface area contributed by atoms with Gasteiger partial charge in [-0.1, -0.05) is 17.7 Å². The molecule has 0 aromatic heterocycles. The predicted molar refractivity (Wildman–Crippen MR) is 92.7 cm³/mol. The average Bonchev–Trinajstić information content (AvgIpc) is 2.46. The van der Waals surface area contributed by atoms with Gasteiger partial charge in [0.05, 0.1) is 29.7 Å². The summed E-state index contributed by atoms with van der Waals surface area (Å²) in [5.74, 6) is -0.657. The Kier molecular flexibility index (Phi) is 4.99. The van der Waals surface area contributed by atoms with Gasteiger partial charge in [0.1, 0.15) is 5.82 Å². The minimum absolute atomic E-state index is 0.273. The molecule has 24 heavy (non-hydrogen) atoms. The SMILES string of the molecule is CCOC(=O)C1=C(C)NC(N)=C(C#N)C1c1c(C)cc(C)cc1C. The van der Waals surface area contributed by atoms with E-state index >= 15 is 0 Å². The van der Waals surface area contributed by atoms with Crippen LogP contribution in [0.25, 0.3) is 0 Å². The summed E-state index contributed by atoms with van der Waals surface area (Å²) in [7, 11) is 0. The molecule has 0 bridgehead atoms. The van der Waals surface area contributed by atoms with Gasteiger partial charge >= 0.3 is 5.97 Å². The molecule has 1 unspecified atom stereocenters. The number of hydrogen-bond donors (Lipinski definition) is 2. The molecule has 0 aliphatic carbocycles. The van der Waals surface area contributed by atoms with Crippen molar-refractivity contribution in [1.29, 1.82) is 5.26 Å². The molecular formula is C19H23N3O2. The Bertz CT molecular complexity index is 774. The lowest BCUT2D eigenvalue weighted by Crippen LogP contribution is -2.33. The first kappa shape index (κ1) is 17.6. The zero-order valence-corrected chi connectivity index (χ0v) is 14.8. The highest BCUT2D eigenvalue weighted by atomic mass is 16.5. The zero-order valence-electron chi connectivity index (χ0n) is 14.8. The molecule has 0 saturated heterocycles. The number of carbonyl (C=O) groups is 1. The molecule has 1 aliphatic rings. The van der Waals surface area contributed by atoms with E-state index in [1.807, 2.05) is 32.9 Å². The van der Waals surface area contributed by atoms with Gasteiger partial charge in [-0.05, 0) is 51.3 Å². The zero-order chi connectivity index (χ0) is 18.0. The van der Waals surface area contributed by atoms with Crippen molar-refractivity contribution in [3.05, 3.63) is 57.1 Å². The Hall–Kier alpha value is -2.74. The summed E-state index contributed by atoms with van der Waals surface area (Å²) in [6.45, 7) is 9.81. The van der Waals surface area contributed by atoms with E-state index in [2.05, 4.69) is 11.4 Å². The van der Waals surface area contributed by atoms with Gasteiger partial charge in [0.25, 0.3) is 0 Å². The third kappa shape index (κ3) is 3.00. The van der Waals surface area contributed by atoms with Crippen molar-refractivity contribution in [1.82, 2.24) is 5.32 Å². The second-order valence-electron chi connectivity index (χ2n) is 6.07. The van der Waals surface area contributed by atoms with Crippen LogP contribution >= 0.6 is 0 Å². The Morgan fingerprint density at radius 2 is 1.88 bits per heavy atom. The van der Waals surface area contributed by atoms with Crippen LogP contribution < -0.4 is 11.1 Å². The lowest BCUT2D eigenvalue weighted by Gasteiger charge is -2.30. The highest BCUT2D eigenvalue weighted by Gasteiger charge is 2.36. The highest BCUT2D eigenvalue weighted by molar-refractivity contribution is 5.93. The number of carbonyl (C=O) groups excluding carboxylic acids is 1. The number of nitrogens with zero attached hydrogens (tertiary/aromatic N) is 1. The fourth-order valence-electron chi connectivity index (χ4n) is 3.39. The summed E-state index contributed by atoms with van der Waals surface area (Å²) in [5.41, 5.74) is 11.6. The van der Waals surface area contributed by atoms with E-state index in [0.717, 1.165) is 22.3 Å². The molecule has 5 heteroatoms. The van der Waals surface area contributed by atoms with E-state index in [0.29, 0.717) is 16.8 Å². The smallest absolute Gasteiger partial charge is 0.336 e. The molecule has 1 aromatic carbocycles. The first-order chi connectivity index (χ1) is 11.3. The van der Waals surface area contributed by atoms with Gasteiger partial charge in [-0.15, -0.1) is 0 Å². The summed E-state index contributed by atoms with van der Waals surface area (Å²) >= 11 is 0. The molecule has 0 amide bonds. The number of aryl methyl sites for hydroxylation is 3. The summed E-state index contributed by atoms with van der Waals surface area (Å²) in [6, 6.07) is 6.27. The summed E-state index contributed by atoms with van der Waals surface area (Å²) < 4.78 is 5.23. The molecule has 0 fully saturated rings. The van der Waals surface area contributed by atoms with Crippen molar-refractivity contribution < 1.29 is 9.53 Å². The Morgan fingerprint density at radius 3 is 2.38 bits per heavy atom. The standard InChI is InChI=1S/C19H23N3O2/c1-6-24-19(23)16-13(5)22-18(21)14(9-20)17(16)15-11(3)7-10(2)8-12(15)4/h7-8,17,22H,6,21H2,1-5H3. The summed E-state index contributed by atoms with van der Waals surface area (Å²) in [4.78, 5) is 12.6. The van der Waals surface area contributed by atoms with Crippen LogP contribution in [-0.2, 0) is 9.53 Å². The Morgan fingerprint density at radius 1 is 1.29 bits per heavy atom. The first-order valence-corrected chi connectivity index (χ1v) is 7.94. The fraction of sp³-hybridized carbons (Fsp3) is 0.368. The van der Waals surface area contributed by atoms with Crippen LogP contribution in [0.4, 0.5) is 0 Å². The average molecular weight is 325 g/mol. The maximum atomic E-state index is 12.6. The molecule has 0 radical (unpaired) electrons. The van der Waals surface area contributed by atoms with Gasteiger partial charge in [-0.2, -0.15) is 5.26 Å². The Balaban J connectivity index is 2.75. The molecule has 1 atom stereocenters.